The van der Waals surface area contributed by atoms with Gasteiger partial charge < -0.3 is 14.9 Å². The number of rotatable bonds is 9. The third-order valence-corrected chi connectivity index (χ3v) is 7.98. The smallest absolute Gasteiger partial charge is 0.217 e. The highest BCUT2D eigenvalue weighted by Gasteiger charge is 2.18. The van der Waals surface area contributed by atoms with Crippen LogP contribution in [-0.2, 0) is 0 Å². The first-order valence-corrected chi connectivity index (χ1v) is 14.4. The van der Waals surface area contributed by atoms with E-state index in [-0.39, 0.29) is 11.5 Å². The summed E-state index contributed by atoms with van der Waals surface area (Å²) in [4.78, 5) is 9.69. The summed E-state index contributed by atoms with van der Waals surface area (Å²) in [5, 5.41) is 27.5. The number of aromatic hydroxyl groups is 2. The summed E-state index contributed by atoms with van der Waals surface area (Å²) in [6, 6.07) is 29.8. The van der Waals surface area contributed by atoms with Crippen molar-refractivity contribution >= 4 is 32.3 Å². The van der Waals surface area contributed by atoms with Crippen molar-refractivity contribution in [1.29, 1.82) is 0 Å². The summed E-state index contributed by atoms with van der Waals surface area (Å²) in [6.45, 7) is 4.97. The molecular weight excluding hydrogens is 508 g/mol. The molecule has 1 unspecified atom stereocenters. The lowest BCUT2D eigenvalue weighted by atomic mass is 9.92. The first-order valence-electron chi connectivity index (χ1n) is 14.4. The second-order valence-corrected chi connectivity index (χ2v) is 10.7. The summed E-state index contributed by atoms with van der Waals surface area (Å²) in [5.74, 6) is 1.14. The Bertz CT molecular complexity index is 1860. The van der Waals surface area contributed by atoms with E-state index >= 15 is 0 Å². The van der Waals surface area contributed by atoms with Crippen LogP contribution in [0.25, 0.3) is 55.0 Å². The Kier molecular flexibility index (Phi) is 7.43. The molecule has 41 heavy (non-hydrogen) atoms. The standard InChI is InChI=1S/C36H34N2O3/c1-3-5-10-23(4-2)22-41-35-21-33(37-36(38-35)30-18-16-25(39)19-34(30)40)32-20-31-26-12-7-6-11-24(26)15-17-29(31)27-13-8-9-14-28(27)32/h6-9,11-21,23,39-40H,3-5,10,22H2,1-2H3. The molecule has 206 valence electrons. The molecule has 0 radical (unpaired) electrons. The highest BCUT2D eigenvalue weighted by molar-refractivity contribution is 6.20. The van der Waals surface area contributed by atoms with Crippen LogP contribution in [0.3, 0.4) is 0 Å². The molecule has 1 atom stereocenters. The van der Waals surface area contributed by atoms with Crippen LogP contribution >= 0.6 is 0 Å². The number of nitrogens with zero attached hydrogens (tertiary/aromatic N) is 2. The van der Waals surface area contributed by atoms with Gasteiger partial charge in [0.1, 0.15) is 11.5 Å². The molecule has 0 amide bonds. The minimum absolute atomic E-state index is 0.0204. The van der Waals surface area contributed by atoms with E-state index in [0.29, 0.717) is 35.5 Å². The Morgan fingerprint density at radius 3 is 2.24 bits per heavy atom. The van der Waals surface area contributed by atoms with Gasteiger partial charge in [0.2, 0.25) is 5.88 Å². The van der Waals surface area contributed by atoms with Crippen molar-refractivity contribution in [3.8, 4) is 40.0 Å². The van der Waals surface area contributed by atoms with E-state index in [1.54, 1.807) is 6.07 Å². The molecule has 6 rings (SSSR count). The number of unbranched alkanes of at least 4 members (excludes halogenated alkanes) is 1. The maximum atomic E-state index is 10.7. The Hall–Kier alpha value is -4.64. The van der Waals surface area contributed by atoms with Gasteiger partial charge in [-0.1, -0.05) is 93.8 Å². The number of phenolic OH excluding ortho intramolecular Hbond substituents is 2. The van der Waals surface area contributed by atoms with Crippen molar-refractivity contribution in [1.82, 2.24) is 9.97 Å². The second-order valence-electron chi connectivity index (χ2n) is 10.7. The predicted octanol–water partition coefficient (Wildman–Crippen LogP) is 9.28. The molecule has 0 aliphatic heterocycles. The Balaban J connectivity index is 1.56. The van der Waals surface area contributed by atoms with Crippen LogP contribution in [0, 0.1) is 5.92 Å². The fourth-order valence-electron chi connectivity index (χ4n) is 5.64. The van der Waals surface area contributed by atoms with Gasteiger partial charge in [0.05, 0.1) is 17.9 Å². The van der Waals surface area contributed by atoms with Gasteiger partial charge in [0.25, 0.3) is 0 Å². The van der Waals surface area contributed by atoms with Crippen molar-refractivity contribution in [2.45, 2.75) is 39.5 Å². The zero-order valence-corrected chi connectivity index (χ0v) is 23.5. The van der Waals surface area contributed by atoms with Gasteiger partial charge in [-0.05, 0) is 62.9 Å². The average molecular weight is 543 g/mol. The van der Waals surface area contributed by atoms with Gasteiger partial charge in [-0.15, -0.1) is 0 Å². The van der Waals surface area contributed by atoms with Crippen LogP contribution in [-0.4, -0.2) is 26.8 Å². The number of fused-ring (bicyclic) bond motifs is 5. The van der Waals surface area contributed by atoms with E-state index in [0.717, 1.165) is 41.0 Å². The fourth-order valence-corrected chi connectivity index (χ4v) is 5.64. The Labute approximate surface area is 240 Å². The van der Waals surface area contributed by atoms with Gasteiger partial charge in [-0.25, -0.2) is 4.98 Å². The third-order valence-electron chi connectivity index (χ3n) is 7.98. The van der Waals surface area contributed by atoms with Gasteiger partial charge >= 0.3 is 0 Å². The zero-order valence-electron chi connectivity index (χ0n) is 23.5. The predicted molar refractivity (Wildman–Crippen MR) is 168 cm³/mol. The van der Waals surface area contributed by atoms with Crippen molar-refractivity contribution < 1.29 is 14.9 Å². The first kappa shape index (κ1) is 26.6. The van der Waals surface area contributed by atoms with Crippen molar-refractivity contribution in [2.24, 2.45) is 5.92 Å². The van der Waals surface area contributed by atoms with Gasteiger partial charge in [-0.3, -0.25) is 0 Å². The van der Waals surface area contributed by atoms with Crippen LogP contribution in [0.5, 0.6) is 17.4 Å². The minimum atomic E-state index is -0.0863. The lowest BCUT2D eigenvalue weighted by molar-refractivity contribution is 0.226. The molecule has 0 aliphatic rings. The van der Waals surface area contributed by atoms with Gasteiger partial charge in [-0.2, -0.15) is 4.98 Å². The lowest BCUT2D eigenvalue weighted by Gasteiger charge is -2.17. The average Bonchev–Trinajstić information content (AvgIpc) is 3.00. The molecule has 0 spiro atoms. The third kappa shape index (κ3) is 5.28. The number of hydrogen-bond donors (Lipinski definition) is 2. The van der Waals surface area contributed by atoms with Gasteiger partial charge in [0, 0.05) is 17.7 Å². The van der Waals surface area contributed by atoms with Gasteiger partial charge in [0.15, 0.2) is 5.82 Å². The molecule has 0 saturated carbocycles. The first-order chi connectivity index (χ1) is 20.1. The molecule has 5 nitrogen and oxygen atoms in total. The topological polar surface area (TPSA) is 75.5 Å². The monoisotopic (exact) mass is 542 g/mol. The summed E-state index contributed by atoms with van der Waals surface area (Å²) in [6.07, 6.45) is 4.47. The maximum absolute atomic E-state index is 10.7. The van der Waals surface area contributed by atoms with E-state index < -0.39 is 0 Å². The molecule has 5 heteroatoms. The maximum Gasteiger partial charge on any atom is 0.217 e. The van der Waals surface area contributed by atoms with Crippen LogP contribution in [0.4, 0.5) is 0 Å². The summed E-state index contributed by atoms with van der Waals surface area (Å²) >= 11 is 0. The molecule has 2 N–H and O–H groups in total. The SMILES string of the molecule is CCCCC(CC)COc1cc(-c2cc3c4ccccc4ccc3c3ccccc23)nc(-c2ccc(O)cc2O)n1. The van der Waals surface area contributed by atoms with Crippen LogP contribution in [0.2, 0.25) is 0 Å². The summed E-state index contributed by atoms with van der Waals surface area (Å²) in [7, 11) is 0. The normalized spacial score (nSPS) is 12.2. The molecule has 6 aromatic rings. The molecule has 0 aliphatic carbocycles. The van der Waals surface area contributed by atoms with E-state index in [2.05, 4.69) is 74.5 Å². The number of aromatic nitrogens is 2. The molecule has 1 heterocycles. The highest BCUT2D eigenvalue weighted by atomic mass is 16.5. The minimum Gasteiger partial charge on any atom is -0.508 e. The Morgan fingerprint density at radius 1 is 0.707 bits per heavy atom. The van der Waals surface area contributed by atoms with Crippen molar-refractivity contribution in [2.75, 3.05) is 6.61 Å². The van der Waals surface area contributed by atoms with E-state index in [4.69, 9.17) is 14.7 Å². The van der Waals surface area contributed by atoms with Crippen LogP contribution in [0.1, 0.15) is 39.5 Å². The lowest BCUT2D eigenvalue weighted by Crippen LogP contribution is -2.12. The molecule has 0 saturated heterocycles. The van der Waals surface area contributed by atoms with E-state index in [1.165, 1.54) is 34.7 Å². The van der Waals surface area contributed by atoms with Crippen LogP contribution < -0.4 is 4.74 Å². The molecule has 0 fully saturated rings. The number of ether oxygens (including phenoxy) is 1. The molecule has 0 bridgehead atoms. The van der Waals surface area contributed by atoms with Crippen molar-refractivity contribution in [3.63, 3.8) is 0 Å². The quantitative estimate of drug-likeness (QED) is 0.178. The summed E-state index contributed by atoms with van der Waals surface area (Å²) < 4.78 is 6.33. The van der Waals surface area contributed by atoms with Crippen LogP contribution in [0.15, 0.2) is 91.0 Å². The Morgan fingerprint density at radius 2 is 1.46 bits per heavy atom. The molecule has 1 aromatic heterocycles. The number of benzene rings is 5. The molecular formula is C36H34N2O3. The number of phenols is 2. The largest absolute Gasteiger partial charge is 0.508 e. The van der Waals surface area contributed by atoms with Crippen molar-refractivity contribution in [3.05, 3.63) is 91.0 Å². The van der Waals surface area contributed by atoms with E-state index in [9.17, 15) is 10.2 Å². The van der Waals surface area contributed by atoms with E-state index in [1.807, 2.05) is 12.1 Å². The summed E-state index contributed by atoms with van der Waals surface area (Å²) in [5.41, 5.74) is 2.11. The second kappa shape index (κ2) is 11.5. The number of hydrogen-bond acceptors (Lipinski definition) is 5. The zero-order chi connectivity index (χ0) is 28.3. The fraction of sp³-hybridized carbons (Fsp3) is 0.222. The highest BCUT2D eigenvalue weighted by Crippen LogP contribution is 2.39. The molecule has 5 aromatic carbocycles.